The van der Waals surface area contributed by atoms with E-state index in [0.29, 0.717) is 18.1 Å². The molecule has 26 heavy (non-hydrogen) atoms. The predicted octanol–water partition coefficient (Wildman–Crippen LogP) is 3.43. The molecule has 3 aromatic rings. The summed E-state index contributed by atoms with van der Waals surface area (Å²) in [4.78, 5) is 14.1. The van der Waals surface area contributed by atoms with E-state index in [4.69, 9.17) is 9.15 Å². The number of carbonyl (C=O) groups is 1. The second-order valence-electron chi connectivity index (χ2n) is 6.16. The molecule has 6 heteroatoms. The first-order chi connectivity index (χ1) is 12.6. The SMILES string of the molecule is CCc1ccc(OCc2ccc(C(=O)N(C)Cc3ccnn3C)o2)cc1. The molecule has 136 valence electrons. The standard InChI is InChI=1S/C20H23N3O3/c1-4-15-5-7-17(8-6-15)25-14-18-9-10-19(26-18)20(24)22(2)13-16-11-12-21-23(16)3/h5-12H,4,13-14H2,1-3H3. The van der Waals surface area contributed by atoms with Crippen LogP contribution in [0.15, 0.2) is 53.1 Å². The van der Waals surface area contributed by atoms with E-state index in [2.05, 4.69) is 12.0 Å². The summed E-state index contributed by atoms with van der Waals surface area (Å²) in [5.41, 5.74) is 2.21. The summed E-state index contributed by atoms with van der Waals surface area (Å²) in [5.74, 6) is 1.51. The largest absolute Gasteiger partial charge is 0.486 e. The fraction of sp³-hybridized carbons (Fsp3) is 0.300. The molecule has 0 aliphatic carbocycles. The van der Waals surface area contributed by atoms with Crippen LogP contribution in [-0.4, -0.2) is 27.6 Å². The molecular formula is C20H23N3O3. The topological polar surface area (TPSA) is 60.5 Å². The van der Waals surface area contributed by atoms with Gasteiger partial charge in [0.15, 0.2) is 5.76 Å². The van der Waals surface area contributed by atoms with Gasteiger partial charge in [-0.15, -0.1) is 0 Å². The molecule has 2 aromatic heterocycles. The van der Waals surface area contributed by atoms with Crippen LogP contribution in [0.4, 0.5) is 0 Å². The van der Waals surface area contributed by atoms with E-state index in [9.17, 15) is 4.79 Å². The maximum absolute atomic E-state index is 12.5. The lowest BCUT2D eigenvalue weighted by molar-refractivity contribution is 0.0746. The summed E-state index contributed by atoms with van der Waals surface area (Å²) in [7, 11) is 3.59. The van der Waals surface area contributed by atoms with Gasteiger partial charge in [-0.2, -0.15) is 5.10 Å². The number of furan rings is 1. The molecule has 0 fully saturated rings. The van der Waals surface area contributed by atoms with Gasteiger partial charge < -0.3 is 14.1 Å². The average Bonchev–Trinajstić information content (AvgIpc) is 3.29. The van der Waals surface area contributed by atoms with E-state index < -0.39 is 0 Å². The van der Waals surface area contributed by atoms with Crippen LogP contribution in [0.1, 0.15) is 34.5 Å². The Kier molecular flexibility index (Phi) is 5.41. The molecule has 0 radical (unpaired) electrons. The maximum Gasteiger partial charge on any atom is 0.289 e. The number of nitrogens with zero attached hydrogens (tertiary/aromatic N) is 3. The molecule has 2 heterocycles. The van der Waals surface area contributed by atoms with Crippen LogP contribution in [0.3, 0.4) is 0 Å². The highest BCUT2D eigenvalue weighted by molar-refractivity contribution is 5.91. The molecule has 6 nitrogen and oxygen atoms in total. The number of carbonyl (C=O) groups excluding carboxylic acids is 1. The molecule has 0 bridgehead atoms. The Bertz CT molecular complexity index is 865. The summed E-state index contributed by atoms with van der Waals surface area (Å²) in [6.07, 6.45) is 2.71. The molecular weight excluding hydrogens is 330 g/mol. The number of benzene rings is 1. The third-order valence-corrected chi connectivity index (χ3v) is 4.25. The molecule has 0 atom stereocenters. The van der Waals surface area contributed by atoms with Crippen molar-refractivity contribution >= 4 is 5.91 Å². The summed E-state index contributed by atoms with van der Waals surface area (Å²) >= 11 is 0. The zero-order valence-electron chi connectivity index (χ0n) is 15.3. The van der Waals surface area contributed by atoms with Gasteiger partial charge in [-0.1, -0.05) is 19.1 Å². The van der Waals surface area contributed by atoms with Crippen molar-refractivity contribution in [3.05, 3.63) is 71.4 Å². The van der Waals surface area contributed by atoms with Crippen molar-refractivity contribution in [1.82, 2.24) is 14.7 Å². The zero-order chi connectivity index (χ0) is 18.5. The third kappa shape index (κ3) is 4.14. The highest BCUT2D eigenvalue weighted by Crippen LogP contribution is 2.17. The summed E-state index contributed by atoms with van der Waals surface area (Å²) in [5, 5.41) is 4.11. The molecule has 0 aliphatic rings. The smallest absolute Gasteiger partial charge is 0.289 e. The van der Waals surface area contributed by atoms with Crippen molar-refractivity contribution in [1.29, 1.82) is 0 Å². The van der Waals surface area contributed by atoms with E-state index in [0.717, 1.165) is 17.9 Å². The zero-order valence-corrected chi connectivity index (χ0v) is 15.3. The first-order valence-corrected chi connectivity index (χ1v) is 8.59. The third-order valence-electron chi connectivity index (χ3n) is 4.25. The number of hydrogen-bond acceptors (Lipinski definition) is 4. The van der Waals surface area contributed by atoms with E-state index in [1.807, 2.05) is 37.4 Å². The van der Waals surface area contributed by atoms with Crippen LogP contribution in [0.5, 0.6) is 5.75 Å². The molecule has 0 saturated heterocycles. The maximum atomic E-state index is 12.5. The monoisotopic (exact) mass is 353 g/mol. The summed E-state index contributed by atoms with van der Waals surface area (Å²) < 4.78 is 13.1. The fourth-order valence-corrected chi connectivity index (χ4v) is 2.61. The van der Waals surface area contributed by atoms with Crippen LogP contribution in [-0.2, 0) is 26.6 Å². The van der Waals surface area contributed by atoms with Crippen LogP contribution in [0.25, 0.3) is 0 Å². The van der Waals surface area contributed by atoms with Gasteiger partial charge in [0.05, 0.1) is 12.2 Å². The normalized spacial score (nSPS) is 10.7. The highest BCUT2D eigenvalue weighted by Gasteiger charge is 2.17. The first-order valence-electron chi connectivity index (χ1n) is 8.59. The Morgan fingerprint density at radius 2 is 1.96 bits per heavy atom. The van der Waals surface area contributed by atoms with E-state index in [-0.39, 0.29) is 12.5 Å². The average molecular weight is 353 g/mol. The summed E-state index contributed by atoms with van der Waals surface area (Å²) in [6.45, 7) is 2.86. The van der Waals surface area contributed by atoms with Crippen molar-refractivity contribution < 1.29 is 13.9 Å². The Hall–Kier alpha value is -3.02. The van der Waals surface area contributed by atoms with Crippen LogP contribution >= 0.6 is 0 Å². The van der Waals surface area contributed by atoms with Crippen molar-refractivity contribution in [2.24, 2.45) is 7.05 Å². The van der Waals surface area contributed by atoms with Gasteiger partial charge in [0.1, 0.15) is 18.1 Å². The number of aryl methyl sites for hydroxylation is 2. The number of hydrogen-bond donors (Lipinski definition) is 0. The Morgan fingerprint density at radius 3 is 2.62 bits per heavy atom. The molecule has 0 aliphatic heterocycles. The molecule has 3 rings (SSSR count). The van der Waals surface area contributed by atoms with Crippen LogP contribution in [0.2, 0.25) is 0 Å². The van der Waals surface area contributed by atoms with Gasteiger partial charge in [-0.25, -0.2) is 0 Å². The Labute approximate surface area is 153 Å². The Balaban J connectivity index is 1.57. The quantitative estimate of drug-likeness (QED) is 0.653. The molecule has 0 saturated carbocycles. The van der Waals surface area contributed by atoms with E-state index in [1.165, 1.54) is 5.56 Å². The number of amides is 1. The lowest BCUT2D eigenvalue weighted by Crippen LogP contribution is -2.26. The minimum Gasteiger partial charge on any atom is -0.486 e. The van der Waals surface area contributed by atoms with Gasteiger partial charge >= 0.3 is 0 Å². The van der Waals surface area contributed by atoms with Crippen molar-refractivity contribution in [3.8, 4) is 5.75 Å². The van der Waals surface area contributed by atoms with Crippen molar-refractivity contribution in [3.63, 3.8) is 0 Å². The van der Waals surface area contributed by atoms with Gasteiger partial charge in [-0.05, 0) is 42.3 Å². The van der Waals surface area contributed by atoms with Crippen molar-refractivity contribution in [2.45, 2.75) is 26.5 Å². The summed E-state index contributed by atoms with van der Waals surface area (Å²) in [6, 6.07) is 13.3. The van der Waals surface area contributed by atoms with Gasteiger partial charge in [-0.3, -0.25) is 9.48 Å². The highest BCUT2D eigenvalue weighted by atomic mass is 16.5. The molecule has 1 aromatic carbocycles. The van der Waals surface area contributed by atoms with Gasteiger partial charge in [0.25, 0.3) is 5.91 Å². The number of ether oxygens (including phenoxy) is 1. The molecule has 1 amide bonds. The van der Waals surface area contributed by atoms with Gasteiger partial charge in [0, 0.05) is 20.3 Å². The minimum absolute atomic E-state index is 0.176. The lowest BCUT2D eigenvalue weighted by atomic mass is 10.2. The number of aromatic nitrogens is 2. The fourth-order valence-electron chi connectivity index (χ4n) is 2.61. The predicted molar refractivity (Wildman–Crippen MR) is 97.9 cm³/mol. The molecule has 0 N–H and O–H groups in total. The van der Waals surface area contributed by atoms with Crippen molar-refractivity contribution in [2.75, 3.05) is 7.05 Å². The minimum atomic E-state index is -0.176. The molecule has 0 unspecified atom stereocenters. The van der Waals surface area contributed by atoms with Crippen LogP contribution < -0.4 is 4.74 Å². The van der Waals surface area contributed by atoms with E-state index >= 15 is 0 Å². The lowest BCUT2D eigenvalue weighted by Gasteiger charge is -2.15. The van der Waals surface area contributed by atoms with Crippen LogP contribution in [0, 0.1) is 0 Å². The first kappa shape index (κ1) is 17.8. The Morgan fingerprint density at radius 1 is 1.19 bits per heavy atom. The van der Waals surface area contributed by atoms with Gasteiger partial charge in [0.2, 0.25) is 0 Å². The molecule has 0 spiro atoms. The number of rotatable bonds is 7. The van der Waals surface area contributed by atoms with E-state index in [1.54, 1.807) is 35.0 Å². The second kappa shape index (κ2) is 7.91. The second-order valence-corrected chi connectivity index (χ2v) is 6.16.